The van der Waals surface area contributed by atoms with E-state index in [-0.39, 0.29) is 6.04 Å². The monoisotopic (exact) mass is 388 g/mol. The highest BCUT2D eigenvalue weighted by Gasteiger charge is 2.19. The van der Waals surface area contributed by atoms with E-state index in [1.807, 2.05) is 37.4 Å². The van der Waals surface area contributed by atoms with Gasteiger partial charge in [-0.3, -0.25) is 4.98 Å². The lowest BCUT2D eigenvalue weighted by molar-refractivity contribution is 0.555. The number of hydrogen-bond acceptors (Lipinski definition) is 7. The maximum atomic E-state index is 6.23. The minimum absolute atomic E-state index is 0.0173. The Bertz CT molecular complexity index is 1170. The van der Waals surface area contributed by atoms with Gasteiger partial charge in [-0.05, 0) is 49.4 Å². The quantitative estimate of drug-likeness (QED) is 0.536. The maximum absolute atomic E-state index is 6.23. The van der Waals surface area contributed by atoms with Gasteiger partial charge in [-0.1, -0.05) is 12.1 Å². The Kier molecular flexibility index (Phi) is 4.26. The molecule has 4 heterocycles. The first-order valence-corrected chi connectivity index (χ1v) is 10.2. The first kappa shape index (κ1) is 17.2. The SMILES string of the molecule is Cc1cccnc1-c1nc2cc(Nc3ccc4c(n3)[C@H](N)CCC4)ncc2s1. The molecule has 0 bridgehead atoms. The number of hydrogen-bond donors (Lipinski definition) is 2. The summed E-state index contributed by atoms with van der Waals surface area (Å²) in [6.07, 6.45) is 6.81. The first-order valence-electron chi connectivity index (χ1n) is 9.38. The molecule has 0 saturated heterocycles. The van der Waals surface area contributed by atoms with Gasteiger partial charge in [-0.15, -0.1) is 11.3 Å². The predicted octanol–water partition coefficient (Wildman–Crippen LogP) is 4.54. The molecule has 1 aliphatic carbocycles. The highest BCUT2D eigenvalue weighted by atomic mass is 32.1. The molecule has 3 N–H and O–H groups in total. The van der Waals surface area contributed by atoms with Gasteiger partial charge >= 0.3 is 0 Å². The highest BCUT2D eigenvalue weighted by Crippen LogP contribution is 2.32. The second-order valence-corrected chi connectivity index (χ2v) is 8.12. The van der Waals surface area contributed by atoms with Crippen LogP contribution < -0.4 is 11.1 Å². The van der Waals surface area contributed by atoms with E-state index < -0.39 is 0 Å². The van der Waals surface area contributed by atoms with E-state index in [4.69, 9.17) is 15.7 Å². The number of pyridine rings is 3. The van der Waals surface area contributed by atoms with Crippen molar-refractivity contribution in [3.63, 3.8) is 0 Å². The Morgan fingerprint density at radius 3 is 2.96 bits per heavy atom. The number of nitrogens with zero attached hydrogens (tertiary/aromatic N) is 4. The number of nitrogens with one attached hydrogen (secondary N) is 1. The summed E-state index contributed by atoms with van der Waals surface area (Å²) in [7, 11) is 0. The molecule has 0 amide bonds. The molecule has 4 aromatic heterocycles. The van der Waals surface area contributed by atoms with Crippen molar-refractivity contribution in [3.05, 3.63) is 59.5 Å². The van der Waals surface area contributed by atoms with Crippen molar-refractivity contribution in [1.29, 1.82) is 0 Å². The Morgan fingerprint density at radius 2 is 2.07 bits per heavy atom. The van der Waals surface area contributed by atoms with Crippen molar-refractivity contribution in [2.75, 3.05) is 5.32 Å². The number of aromatic nitrogens is 4. The third kappa shape index (κ3) is 3.12. The lowest BCUT2D eigenvalue weighted by Crippen LogP contribution is -2.19. The zero-order valence-electron chi connectivity index (χ0n) is 15.5. The lowest BCUT2D eigenvalue weighted by atomic mass is 9.92. The summed E-state index contributed by atoms with van der Waals surface area (Å²) in [5, 5.41) is 4.21. The standard InChI is InChI=1S/C21H20N6S/c1-12-4-3-9-23-19(12)21-25-15-10-18(24-11-16(15)28-21)26-17-8-7-13-5-2-6-14(22)20(13)27-17/h3-4,7-11,14H,2,5-6,22H2,1H3,(H,24,26,27)/t14-/m1/s1. The second kappa shape index (κ2) is 6.92. The largest absolute Gasteiger partial charge is 0.325 e. The second-order valence-electron chi connectivity index (χ2n) is 7.09. The molecule has 6 nitrogen and oxygen atoms in total. The molecule has 1 atom stereocenters. The fraction of sp³-hybridized carbons (Fsp3) is 0.238. The number of nitrogens with two attached hydrogens (primary N) is 1. The molecule has 5 rings (SSSR count). The predicted molar refractivity (Wildman–Crippen MR) is 113 cm³/mol. The average molecular weight is 389 g/mol. The van der Waals surface area contributed by atoms with Crippen LogP contribution in [0.5, 0.6) is 0 Å². The third-order valence-electron chi connectivity index (χ3n) is 5.07. The molecule has 0 saturated carbocycles. The summed E-state index contributed by atoms with van der Waals surface area (Å²) < 4.78 is 1.03. The summed E-state index contributed by atoms with van der Waals surface area (Å²) >= 11 is 1.60. The van der Waals surface area contributed by atoms with Crippen molar-refractivity contribution in [3.8, 4) is 10.7 Å². The first-order chi connectivity index (χ1) is 13.7. The van der Waals surface area contributed by atoms with E-state index in [2.05, 4.69) is 21.4 Å². The fourth-order valence-electron chi connectivity index (χ4n) is 3.60. The van der Waals surface area contributed by atoms with Gasteiger partial charge in [-0.25, -0.2) is 15.0 Å². The van der Waals surface area contributed by atoms with Crippen molar-refractivity contribution in [1.82, 2.24) is 19.9 Å². The van der Waals surface area contributed by atoms with Crippen LogP contribution in [0.15, 0.2) is 42.7 Å². The third-order valence-corrected chi connectivity index (χ3v) is 6.08. The van der Waals surface area contributed by atoms with Crippen molar-refractivity contribution in [2.24, 2.45) is 5.73 Å². The number of aryl methyl sites for hydroxylation is 2. The van der Waals surface area contributed by atoms with Crippen LogP contribution in [0, 0.1) is 6.92 Å². The van der Waals surface area contributed by atoms with Crippen molar-refractivity contribution >= 4 is 33.2 Å². The van der Waals surface area contributed by atoms with Crippen LogP contribution in [0.3, 0.4) is 0 Å². The number of anilines is 2. The smallest absolute Gasteiger partial charge is 0.143 e. The molecule has 4 aromatic rings. The lowest BCUT2D eigenvalue weighted by Gasteiger charge is -2.21. The zero-order chi connectivity index (χ0) is 19.1. The molecule has 28 heavy (non-hydrogen) atoms. The number of fused-ring (bicyclic) bond motifs is 2. The van der Waals surface area contributed by atoms with Crippen LogP contribution in [0.4, 0.5) is 11.6 Å². The van der Waals surface area contributed by atoms with E-state index in [0.717, 1.165) is 63.1 Å². The van der Waals surface area contributed by atoms with Gasteiger partial charge in [0.2, 0.25) is 0 Å². The summed E-state index contributed by atoms with van der Waals surface area (Å²) in [4.78, 5) is 18.5. The Morgan fingerprint density at radius 1 is 1.14 bits per heavy atom. The topological polar surface area (TPSA) is 89.6 Å². The van der Waals surface area contributed by atoms with Crippen molar-refractivity contribution in [2.45, 2.75) is 32.2 Å². The van der Waals surface area contributed by atoms with E-state index in [1.54, 1.807) is 17.5 Å². The maximum Gasteiger partial charge on any atom is 0.143 e. The van der Waals surface area contributed by atoms with Gasteiger partial charge < -0.3 is 11.1 Å². The molecule has 1 aliphatic rings. The zero-order valence-corrected chi connectivity index (χ0v) is 16.3. The number of rotatable bonds is 3. The molecule has 7 heteroatoms. The minimum atomic E-state index is 0.0173. The summed E-state index contributed by atoms with van der Waals surface area (Å²) in [5.74, 6) is 1.48. The fourth-order valence-corrected chi connectivity index (χ4v) is 4.58. The van der Waals surface area contributed by atoms with Crippen LogP contribution in [-0.2, 0) is 6.42 Å². The van der Waals surface area contributed by atoms with Crippen LogP contribution >= 0.6 is 11.3 Å². The van der Waals surface area contributed by atoms with Gasteiger partial charge in [0.25, 0.3) is 0 Å². The van der Waals surface area contributed by atoms with Crippen LogP contribution in [0.2, 0.25) is 0 Å². The molecule has 0 spiro atoms. The van der Waals surface area contributed by atoms with E-state index in [0.29, 0.717) is 0 Å². The average Bonchev–Trinajstić information content (AvgIpc) is 3.12. The van der Waals surface area contributed by atoms with Gasteiger partial charge in [0.05, 0.1) is 15.9 Å². The Balaban J connectivity index is 1.46. The van der Waals surface area contributed by atoms with Gasteiger partial charge in [0, 0.05) is 24.5 Å². The normalized spacial score (nSPS) is 16.1. The molecular formula is C21H20N6S. The summed E-state index contributed by atoms with van der Waals surface area (Å²) in [5.41, 5.74) is 11.4. The van der Waals surface area contributed by atoms with Crippen LogP contribution in [0.1, 0.15) is 35.7 Å². The molecule has 0 radical (unpaired) electrons. The molecule has 140 valence electrons. The van der Waals surface area contributed by atoms with E-state index in [9.17, 15) is 0 Å². The Labute approximate surface area is 166 Å². The van der Waals surface area contributed by atoms with Gasteiger partial charge in [-0.2, -0.15) is 0 Å². The van der Waals surface area contributed by atoms with Crippen LogP contribution in [0.25, 0.3) is 20.9 Å². The van der Waals surface area contributed by atoms with E-state index in [1.165, 1.54) is 5.56 Å². The molecule has 0 unspecified atom stereocenters. The summed E-state index contributed by atoms with van der Waals surface area (Å²) in [6, 6.07) is 10.1. The van der Waals surface area contributed by atoms with Gasteiger partial charge in [0.1, 0.15) is 22.3 Å². The van der Waals surface area contributed by atoms with Gasteiger partial charge in [0.15, 0.2) is 0 Å². The molecule has 0 fully saturated rings. The summed E-state index contributed by atoms with van der Waals surface area (Å²) in [6.45, 7) is 2.05. The Hall–Kier alpha value is -2.90. The van der Waals surface area contributed by atoms with Crippen LogP contribution in [-0.4, -0.2) is 19.9 Å². The molecule has 0 aromatic carbocycles. The highest BCUT2D eigenvalue weighted by molar-refractivity contribution is 7.21. The van der Waals surface area contributed by atoms with Crippen molar-refractivity contribution < 1.29 is 0 Å². The minimum Gasteiger partial charge on any atom is -0.325 e. The molecular weight excluding hydrogens is 368 g/mol. The number of thiazole rings is 1. The molecule has 0 aliphatic heterocycles. The van der Waals surface area contributed by atoms with E-state index >= 15 is 0 Å².